The van der Waals surface area contributed by atoms with Gasteiger partial charge in [-0.25, -0.2) is 4.39 Å². The Morgan fingerprint density at radius 3 is 2.67 bits per heavy atom. The van der Waals surface area contributed by atoms with E-state index in [2.05, 4.69) is 21.0 Å². The SMILES string of the molecule is COc1c(O)cc(Br)c(-c2cc(N)n(C)n2)c1F. The number of aromatic hydroxyl groups is 1. The summed E-state index contributed by atoms with van der Waals surface area (Å²) in [6.07, 6.45) is 0. The molecule has 0 amide bonds. The molecule has 0 aliphatic heterocycles. The smallest absolute Gasteiger partial charge is 0.197 e. The number of hydrogen-bond donors (Lipinski definition) is 2. The van der Waals surface area contributed by atoms with Gasteiger partial charge in [0, 0.05) is 17.6 Å². The van der Waals surface area contributed by atoms with Crippen LogP contribution in [0, 0.1) is 5.82 Å². The Hall–Kier alpha value is -1.76. The minimum atomic E-state index is -0.692. The topological polar surface area (TPSA) is 73.3 Å². The van der Waals surface area contributed by atoms with Gasteiger partial charge in [0.05, 0.1) is 18.4 Å². The van der Waals surface area contributed by atoms with Crippen LogP contribution in [0.4, 0.5) is 10.2 Å². The van der Waals surface area contributed by atoms with Crippen LogP contribution in [-0.4, -0.2) is 22.0 Å². The molecule has 0 atom stereocenters. The summed E-state index contributed by atoms with van der Waals surface area (Å²) in [5.41, 5.74) is 6.21. The number of phenolic OH excluding ortho intramolecular Hbond substituents is 1. The number of hydrogen-bond acceptors (Lipinski definition) is 4. The Bertz CT molecular complexity index is 593. The number of rotatable bonds is 2. The number of nitrogens with two attached hydrogens (primary N) is 1. The molecule has 1 aromatic heterocycles. The maximum Gasteiger partial charge on any atom is 0.197 e. The highest BCUT2D eigenvalue weighted by Crippen LogP contribution is 2.41. The molecule has 2 rings (SSSR count). The molecule has 7 heteroatoms. The molecule has 96 valence electrons. The van der Waals surface area contributed by atoms with Crippen LogP contribution in [0.2, 0.25) is 0 Å². The van der Waals surface area contributed by atoms with E-state index in [9.17, 15) is 9.50 Å². The summed E-state index contributed by atoms with van der Waals surface area (Å²) in [6, 6.07) is 2.89. The summed E-state index contributed by atoms with van der Waals surface area (Å²) in [5.74, 6) is -0.794. The van der Waals surface area contributed by atoms with Gasteiger partial charge in [-0.05, 0) is 22.0 Å². The monoisotopic (exact) mass is 315 g/mol. The van der Waals surface area contributed by atoms with E-state index in [0.717, 1.165) is 0 Å². The van der Waals surface area contributed by atoms with Gasteiger partial charge in [-0.3, -0.25) is 4.68 Å². The molecule has 0 bridgehead atoms. The molecule has 0 fully saturated rings. The number of ether oxygens (including phenoxy) is 1. The van der Waals surface area contributed by atoms with Crippen molar-refractivity contribution in [1.29, 1.82) is 0 Å². The Morgan fingerprint density at radius 2 is 2.17 bits per heavy atom. The van der Waals surface area contributed by atoms with Gasteiger partial charge in [0.15, 0.2) is 17.3 Å². The van der Waals surface area contributed by atoms with E-state index in [-0.39, 0.29) is 17.1 Å². The molecule has 1 aromatic carbocycles. The first-order chi connectivity index (χ1) is 8.45. The van der Waals surface area contributed by atoms with Crippen LogP contribution >= 0.6 is 15.9 Å². The second kappa shape index (κ2) is 4.49. The zero-order chi connectivity index (χ0) is 13.4. The van der Waals surface area contributed by atoms with E-state index in [1.54, 1.807) is 13.1 Å². The van der Waals surface area contributed by atoms with Crippen molar-refractivity contribution >= 4 is 21.7 Å². The third-order valence-corrected chi connectivity index (χ3v) is 3.16. The van der Waals surface area contributed by atoms with Crippen molar-refractivity contribution < 1.29 is 14.2 Å². The molecule has 18 heavy (non-hydrogen) atoms. The largest absolute Gasteiger partial charge is 0.504 e. The fourth-order valence-corrected chi connectivity index (χ4v) is 2.22. The molecule has 0 saturated carbocycles. The standard InChI is InChI=1S/C11H11BrFN3O2/c1-16-8(14)4-6(15-16)9-5(12)3-7(17)11(18-2)10(9)13/h3-4,17H,14H2,1-2H3. The molecular weight excluding hydrogens is 305 g/mol. The molecule has 2 aromatic rings. The van der Waals surface area contributed by atoms with Gasteiger partial charge in [-0.1, -0.05) is 0 Å². The average molecular weight is 316 g/mol. The van der Waals surface area contributed by atoms with Crippen LogP contribution in [0.15, 0.2) is 16.6 Å². The number of anilines is 1. The van der Waals surface area contributed by atoms with Crippen molar-refractivity contribution in [3.63, 3.8) is 0 Å². The third-order valence-electron chi connectivity index (χ3n) is 2.53. The van der Waals surface area contributed by atoms with Gasteiger partial charge < -0.3 is 15.6 Å². The summed E-state index contributed by atoms with van der Waals surface area (Å²) in [6.45, 7) is 0. The van der Waals surface area contributed by atoms with Gasteiger partial charge in [-0.2, -0.15) is 5.10 Å². The van der Waals surface area contributed by atoms with E-state index >= 15 is 0 Å². The van der Waals surface area contributed by atoms with Gasteiger partial charge in [-0.15, -0.1) is 0 Å². The lowest BCUT2D eigenvalue weighted by atomic mass is 10.1. The molecule has 0 unspecified atom stereocenters. The molecular formula is C11H11BrFN3O2. The molecule has 0 aliphatic carbocycles. The highest BCUT2D eigenvalue weighted by molar-refractivity contribution is 9.10. The van der Waals surface area contributed by atoms with Crippen molar-refractivity contribution in [2.75, 3.05) is 12.8 Å². The van der Waals surface area contributed by atoms with Crippen molar-refractivity contribution in [2.45, 2.75) is 0 Å². The summed E-state index contributed by atoms with van der Waals surface area (Å²) >= 11 is 3.19. The quantitative estimate of drug-likeness (QED) is 0.891. The van der Waals surface area contributed by atoms with Crippen molar-refractivity contribution in [1.82, 2.24) is 9.78 Å². The molecule has 5 nitrogen and oxygen atoms in total. The van der Waals surface area contributed by atoms with Crippen LogP contribution in [0.3, 0.4) is 0 Å². The second-order valence-corrected chi connectivity index (χ2v) is 4.53. The highest BCUT2D eigenvalue weighted by Gasteiger charge is 2.21. The van der Waals surface area contributed by atoms with E-state index < -0.39 is 5.82 Å². The normalized spacial score (nSPS) is 10.7. The Balaban J connectivity index is 2.71. The minimum absolute atomic E-state index is 0.192. The first-order valence-electron chi connectivity index (χ1n) is 5.00. The van der Waals surface area contributed by atoms with Gasteiger partial charge in [0.25, 0.3) is 0 Å². The maximum atomic E-state index is 14.2. The summed E-state index contributed by atoms with van der Waals surface area (Å²) in [4.78, 5) is 0. The number of phenols is 1. The summed E-state index contributed by atoms with van der Waals surface area (Å²) in [5, 5.41) is 13.6. The number of aromatic nitrogens is 2. The Morgan fingerprint density at radius 1 is 1.50 bits per heavy atom. The Labute approximate surface area is 111 Å². The third kappa shape index (κ3) is 1.90. The zero-order valence-electron chi connectivity index (χ0n) is 9.74. The average Bonchev–Trinajstić information content (AvgIpc) is 2.58. The van der Waals surface area contributed by atoms with Crippen LogP contribution in [0.1, 0.15) is 0 Å². The molecule has 3 N–H and O–H groups in total. The fraction of sp³-hybridized carbons (Fsp3) is 0.182. The van der Waals surface area contributed by atoms with Crippen LogP contribution in [-0.2, 0) is 7.05 Å². The summed E-state index contributed by atoms with van der Waals surface area (Å²) in [7, 11) is 2.94. The minimum Gasteiger partial charge on any atom is -0.504 e. The zero-order valence-corrected chi connectivity index (χ0v) is 11.3. The molecule has 0 aliphatic rings. The van der Waals surface area contributed by atoms with E-state index in [1.165, 1.54) is 17.9 Å². The predicted molar refractivity (Wildman–Crippen MR) is 68.9 cm³/mol. The lowest BCUT2D eigenvalue weighted by Crippen LogP contribution is -1.97. The predicted octanol–water partition coefficient (Wildman–Crippen LogP) is 2.29. The van der Waals surface area contributed by atoms with Crippen molar-refractivity contribution in [3.8, 4) is 22.8 Å². The number of halogens is 2. The number of aryl methyl sites for hydroxylation is 1. The first-order valence-corrected chi connectivity index (χ1v) is 5.79. The van der Waals surface area contributed by atoms with Crippen molar-refractivity contribution in [2.24, 2.45) is 7.05 Å². The molecule has 0 spiro atoms. The van der Waals surface area contributed by atoms with E-state index in [1.807, 2.05) is 0 Å². The van der Waals surface area contributed by atoms with Gasteiger partial charge >= 0.3 is 0 Å². The maximum absolute atomic E-state index is 14.2. The number of nitrogen functional groups attached to an aromatic ring is 1. The molecule has 0 radical (unpaired) electrons. The van der Waals surface area contributed by atoms with E-state index in [0.29, 0.717) is 16.0 Å². The molecule has 1 heterocycles. The van der Waals surface area contributed by atoms with Crippen LogP contribution < -0.4 is 10.5 Å². The van der Waals surface area contributed by atoms with Crippen LogP contribution in [0.5, 0.6) is 11.5 Å². The number of nitrogens with zero attached hydrogens (tertiary/aromatic N) is 2. The highest BCUT2D eigenvalue weighted by atomic mass is 79.9. The van der Waals surface area contributed by atoms with Crippen molar-refractivity contribution in [3.05, 3.63) is 22.4 Å². The van der Waals surface area contributed by atoms with Gasteiger partial charge in [0.2, 0.25) is 0 Å². The van der Waals surface area contributed by atoms with Gasteiger partial charge in [0.1, 0.15) is 5.82 Å². The number of benzene rings is 1. The lowest BCUT2D eigenvalue weighted by Gasteiger charge is -2.09. The van der Waals surface area contributed by atoms with E-state index in [4.69, 9.17) is 10.5 Å². The first kappa shape index (κ1) is 12.7. The number of methoxy groups -OCH3 is 1. The fourth-order valence-electron chi connectivity index (χ4n) is 1.62. The summed E-state index contributed by atoms with van der Waals surface area (Å²) < 4.78 is 20.8. The lowest BCUT2D eigenvalue weighted by molar-refractivity contribution is 0.351. The van der Waals surface area contributed by atoms with Crippen LogP contribution in [0.25, 0.3) is 11.3 Å². The Kier molecular flexibility index (Phi) is 3.16. The molecule has 0 saturated heterocycles. The second-order valence-electron chi connectivity index (χ2n) is 3.68.